The minimum Gasteiger partial charge on any atom is -0.487 e. The van der Waals surface area contributed by atoms with Crippen LogP contribution in [0.5, 0.6) is 5.75 Å². The molecule has 1 aliphatic rings. The third-order valence-corrected chi connectivity index (χ3v) is 4.24. The van der Waals surface area contributed by atoms with Crippen LogP contribution in [-0.2, 0) is 13.2 Å². The standard InChI is InChI=1S/C19H15FN2O3/c1-12-18(21-11-25-12)10-24-16-6-7-17-13(8-16)9-22(19(17)23)15-4-2-14(20)3-5-15/h2-8,11H,9-10H2,1H3. The lowest BCUT2D eigenvalue weighted by atomic mass is 10.1. The number of halogens is 1. The van der Waals surface area contributed by atoms with E-state index >= 15 is 0 Å². The summed E-state index contributed by atoms with van der Waals surface area (Å²) < 4.78 is 24.0. The lowest BCUT2D eigenvalue weighted by molar-refractivity contribution is 0.0996. The van der Waals surface area contributed by atoms with Gasteiger partial charge in [-0.15, -0.1) is 0 Å². The first-order valence-electron chi connectivity index (χ1n) is 7.84. The number of hydrogen-bond acceptors (Lipinski definition) is 4. The molecule has 0 radical (unpaired) electrons. The van der Waals surface area contributed by atoms with Crippen molar-refractivity contribution in [2.45, 2.75) is 20.1 Å². The van der Waals surface area contributed by atoms with Gasteiger partial charge in [-0.05, 0) is 55.0 Å². The Balaban J connectivity index is 1.53. The van der Waals surface area contributed by atoms with Gasteiger partial charge in [0.25, 0.3) is 5.91 Å². The number of fused-ring (bicyclic) bond motifs is 1. The monoisotopic (exact) mass is 338 g/mol. The van der Waals surface area contributed by atoms with E-state index in [9.17, 15) is 9.18 Å². The molecule has 6 heteroatoms. The number of nitrogens with zero attached hydrogens (tertiary/aromatic N) is 2. The van der Waals surface area contributed by atoms with Crippen molar-refractivity contribution < 1.29 is 18.3 Å². The van der Waals surface area contributed by atoms with Gasteiger partial charge in [0.1, 0.15) is 29.6 Å². The molecule has 0 saturated carbocycles. The normalized spacial score (nSPS) is 13.2. The molecule has 2 heterocycles. The molecule has 3 aromatic rings. The van der Waals surface area contributed by atoms with Gasteiger partial charge in [-0.2, -0.15) is 0 Å². The summed E-state index contributed by atoms with van der Waals surface area (Å²) in [5.74, 6) is 0.959. The Bertz CT molecular complexity index is 934. The van der Waals surface area contributed by atoms with Crippen molar-refractivity contribution in [3.05, 3.63) is 77.3 Å². The Morgan fingerprint density at radius 2 is 2.04 bits per heavy atom. The van der Waals surface area contributed by atoms with Crippen LogP contribution < -0.4 is 9.64 Å². The minimum atomic E-state index is -0.327. The van der Waals surface area contributed by atoms with Gasteiger partial charge in [0.05, 0.1) is 6.54 Å². The molecule has 0 aliphatic carbocycles. The number of aromatic nitrogens is 1. The number of oxazole rings is 1. The van der Waals surface area contributed by atoms with Crippen molar-refractivity contribution >= 4 is 11.6 Å². The van der Waals surface area contributed by atoms with Gasteiger partial charge in [0.2, 0.25) is 0 Å². The molecule has 25 heavy (non-hydrogen) atoms. The number of ether oxygens (including phenoxy) is 1. The van der Waals surface area contributed by atoms with Gasteiger partial charge in [-0.25, -0.2) is 9.37 Å². The highest BCUT2D eigenvalue weighted by Crippen LogP contribution is 2.31. The van der Waals surface area contributed by atoms with Crippen LogP contribution >= 0.6 is 0 Å². The molecule has 0 N–H and O–H groups in total. The van der Waals surface area contributed by atoms with E-state index in [4.69, 9.17) is 9.15 Å². The van der Waals surface area contributed by atoms with Gasteiger partial charge in [-0.1, -0.05) is 0 Å². The Morgan fingerprint density at radius 3 is 2.76 bits per heavy atom. The number of aryl methyl sites for hydroxylation is 1. The van der Waals surface area contributed by atoms with Crippen LogP contribution in [0.4, 0.5) is 10.1 Å². The smallest absolute Gasteiger partial charge is 0.258 e. The van der Waals surface area contributed by atoms with Crippen molar-refractivity contribution in [3.63, 3.8) is 0 Å². The van der Waals surface area contributed by atoms with Crippen molar-refractivity contribution in [2.24, 2.45) is 0 Å². The SMILES string of the molecule is Cc1ocnc1COc1ccc2c(c1)CN(c1ccc(F)cc1)C2=O. The molecule has 0 fully saturated rings. The molecule has 0 spiro atoms. The third-order valence-electron chi connectivity index (χ3n) is 4.24. The maximum Gasteiger partial charge on any atom is 0.258 e. The summed E-state index contributed by atoms with van der Waals surface area (Å²) in [5.41, 5.74) is 2.92. The zero-order chi connectivity index (χ0) is 17.4. The molecular weight excluding hydrogens is 323 g/mol. The van der Waals surface area contributed by atoms with Crippen molar-refractivity contribution in [1.29, 1.82) is 0 Å². The molecule has 0 unspecified atom stereocenters. The Labute approximate surface area is 143 Å². The molecule has 1 amide bonds. The fourth-order valence-corrected chi connectivity index (χ4v) is 2.83. The molecule has 0 bridgehead atoms. The van der Waals surface area contributed by atoms with Crippen molar-refractivity contribution in [2.75, 3.05) is 4.90 Å². The van der Waals surface area contributed by atoms with Crippen LogP contribution in [0.1, 0.15) is 27.4 Å². The number of amides is 1. The number of benzene rings is 2. The van der Waals surface area contributed by atoms with Crippen LogP contribution in [0.25, 0.3) is 0 Å². The quantitative estimate of drug-likeness (QED) is 0.725. The maximum absolute atomic E-state index is 13.1. The van der Waals surface area contributed by atoms with Crippen LogP contribution in [0.15, 0.2) is 53.3 Å². The number of carbonyl (C=O) groups is 1. The van der Waals surface area contributed by atoms with E-state index in [0.717, 1.165) is 17.0 Å². The van der Waals surface area contributed by atoms with E-state index in [1.807, 2.05) is 13.0 Å². The first-order valence-corrected chi connectivity index (χ1v) is 7.84. The first kappa shape index (κ1) is 15.4. The molecule has 0 saturated heterocycles. The second kappa shape index (κ2) is 6.05. The number of anilines is 1. The highest BCUT2D eigenvalue weighted by Gasteiger charge is 2.28. The maximum atomic E-state index is 13.1. The predicted molar refractivity (Wildman–Crippen MR) is 88.9 cm³/mol. The summed E-state index contributed by atoms with van der Waals surface area (Å²) in [6, 6.07) is 11.3. The number of rotatable bonds is 4. The Morgan fingerprint density at radius 1 is 1.24 bits per heavy atom. The number of hydrogen-bond donors (Lipinski definition) is 0. The minimum absolute atomic E-state index is 0.0968. The summed E-state index contributed by atoms with van der Waals surface area (Å²) in [4.78, 5) is 18.3. The van der Waals surface area contributed by atoms with Gasteiger partial charge in [-0.3, -0.25) is 4.79 Å². The average Bonchev–Trinajstić information content (AvgIpc) is 3.17. The van der Waals surface area contributed by atoms with Crippen LogP contribution in [0.3, 0.4) is 0 Å². The average molecular weight is 338 g/mol. The highest BCUT2D eigenvalue weighted by molar-refractivity contribution is 6.10. The molecule has 0 atom stereocenters. The molecule has 1 aliphatic heterocycles. The topological polar surface area (TPSA) is 55.6 Å². The third kappa shape index (κ3) is 2.87. The second-order valence-electron chi connectivity index (χ2n) is 5.83. The lowest BCUT2D eigenvalue weighted by Crippen LogP contribution is -2.22. The molecule has 1 aromatic heterocycles. The zero-order valence-electron chi connectivity index (χ0n) is 13.5. The van der Waals surface area contributed by atoms with Crippen LogP contribution in [0, 0.1) is 12.7 Å². The molecular formula is C19H15FN2O3. The van der Waals surface area contributed by atoms with Crippen LogP contribution in [0.2, 0.25) is 0 Å². The summed E-state index contributed by atoms with van der Waals surface area (Å²) in [6.45, 7) is 2.56. The second-order valence-corrected chi connectivity index (χ2v) is 5.83. The molecule has 4 rings (SSSR count). The first-order chi connectivity index (χ1) is 12.1. The highest BCUT2D eigenvalue weighted by atomic mass is 19.1. The predicted octanol–water partition coefficient (Wildman–Crippen LogP) is 3.86. The fraction of sp³-hybridized carbons (Fsp3) is 0.158. The molecule has 5 nitrogen and oxygen atoms in total. The van der Waals surface area contributed by atoms with E-state index < -0.39 is 0 Å². The summed E-state index contributed by atoms with van der Waals surface area (Å²) in [5, 5.41) is 0. The zero-order valence-corrected chi connectivity index (χ0v) is 13.5. The molecule has 126 valence electrons. The van der Waals surface area contributed by atoms with Gasteiger partial charge >= 0.3 is 0 Å². The summed E-state index contributed by atoms with van der Waals surface area (Å²) in [7, 11) is 0. The van der Waals surface area contributed by atoms with Gasteiger partial charge in [0.15, 0.2) is 6.39 Å². The van der Waals surface area contributed by atoms with Gasteiger partial charge < -0.3 is 14.1 Å². The lowest BCUT2D eigenvalue weighted by Gasteiger charge is -2.15. The fourth-order valence-electron chi connectivity index (χ4n) is 2.83. The van der Waals surface area contributed by atoms with Crippen LogP contribution in [-0.4, -0.2) is 10.9 Å². The van der Waals surface area contributed by atoms with E-state index in [0.29, 0.717) is 30.2 Å². The van der Waals surface area contributed by atoms with E-state index in [2.05, 4.69) is 4.98 Å². The summed E-state index contributed by atoms with van der Waals surface area (Å²) >= 11 is 0. The largest absolute Gasteiger partial charge is 0.487 e. The van der Waals surface area contributed by atoms with Crippen molar-refractivity contribution in [3.8, 4) is 5.75 Å². The van der Waals surface area contributed by atoms with E-state index in [1.165, 1.54) is 18.5 Å². The van der Waals surface area contributed by atoms with Crippen molar-refractivity contribution in [1.82, 2.24) is 4.98 Å². The summed E-state index contributed by atoms with van der Waals surface area (Å²) in [6.07, 6.45) is 1.38. The number of carbonyl (C=O) groups excluding carboxylic acids is 1. The van der Waals surface area contributed by atoms with E-state index in [1.54, 1.807) is 29.2 Å². The molecule has 2 aromatic carbocycles. The Kier molecular flexibility index (Phi) is 3.72. The van der Waals surface area contributed by atoms with Gasteiger partial charge in [0, 0.05) is 11.3 Å². The van der Waals surface area contributed by atoms with E-state index in [-0.39, 0.29) is 11.7 Å². The Hall–Kier alpha value is -3.15.